The van der Waals surface area contributed by atoms with Gasteiger partial charge in [0.15, 0.2) is 17.5 Å². The summed E-state index contributed by atoms with van der Waals surface area (Å²) in [5, 5.41) is 2.38. The lowest BCUT2D eigenvalue weighted by Gasteiger charge is -2.16. The maximum Gasteiger partial charge on any atom is 0.166 e. The molecule has 0 unspecified atom stereocenters. The SMILES string of the molecule is c1ccc(-c2ccc(-c3cc(-c4ccccc4)c4c5ccccc5n(-c5ccccc5-c5nc(-c6ccccc6)nc(-c6ccccc6)n5)c4c3)cc2)cc1. The summed E-state index contributed by atoms with van der Waals surface area (Å²) in [6, 6.07) is 72.3. The maximum atomic E-state index is 5.16. The quantitative estimate of drug-likeness (QED) is 0.166. The second kappa shape index (κ2) is 13.8. The van der Waals surface area contributed by atoms with Crippen molar-refractivity contribution in [3.63, 3.8) is 0 Å². The van der Waals surface area contributed by atoms with E-state index in [0.29, 0.717) is 17.5 Å². The first-order chi connectivity index (χ1) is 27.3. The van der Waals surface area contributed by atoms with Gasteiger partial charge in [-0.1, -0.05) is 176 Å². The molecule has 2 heterocycles. The maximum absolute atomic E-state index is 5.16. The highest BCUT2D eigenvalue weighted by molar-refractivity contribution is 6.17. The Bertz CT molecular complexity index is 2880. The number of aromatic nitrogens is 4. The van der Waals surface area contributed by atoms with E-state index < -0.39 is 0 Å². The molecular formula is C51H34N4. The minimum Gasteiger partial charge on any atom is -0.308 e. The van der Waals surface area contributed by atoms with E-state index in [1.165, 1.54) is 33.0 Å². The summed E-state index contributed by atoms with van der Waals surface area (Å²) >= 11 is 0. The van der Waals surface area contributed by atoms with Crippen molar-refractivity contribution < 1.29 is 0 Å². The third kappa shape index (κ3) is 5.96. The van der Waals surface area contributed by atoms with Gasteiger partial charge in [-0.3, -0.25) is 0 Å². The van der Waals surface area contributed by atoms with Crippen LogP contribution < -0.4 is 0 Å². The van der Waals surface area contributed by atoms with Gasteiger partial charge in [0.1, 0.15) is 0 Å². The zero-order chi connectivity index (χ0) is 36.6. The molecule has 0 saturated heterocycles. The third-order valence-electron chi connectivity index (χ3n) is 10.3. The highest BCUT2D eigenvalue weighted by Crippen LogP contribution is 2.43. The molecule has 0 aliphatic rings. The molecule has 0 atom stereocenters. The summed E-state index contributed by atoms with van der Waals surface area (Å²) < 4.78 is 2.39. The summed E-state index contributed by atoms with van der Waals surface area (Å²) in [7, 11) is 0. The Morgan fingerprint density at radius 1 is 0.291 bits per heavy atom. The van der Waals surface area contributed by atoms with Crippen LogP contribution in [0, 0.1) is 0 Å². The lowest BCUT2D eigenvalue weighted by molar-refractivity contribution is 1.06. The molecule has 2 aromatic heterocycles. The van der Waals surface area contributed by atoms with Gasteiger partial charge >= 0.3 is 0 Å². The number of rotatable bonds is 7. The Morgan fingerprint density at radius 3 is 1.36 bits per heavy atom. The fourth-order valence-electron chi connectivity index (χ4n) is 7.64. The van der Waals surface area contributed by atoms with E-state index >= 15 is 0 Å². The van der Waals surface area contributed by atoms with Crippen LogP contribution in [-0.4, -0.2) is 19.5 Å². The number of benzene rings is 8. The molecule has 0 aliphatic carbocycles. The fourth-order valence-corrected chi connectivity index (χ4v) is 7.64. The van der Waals surface area contributed by atoms with E-state index in [0.717, 1.165) is 44.5 Å². The second-order valence-corrected chi connectivity index (χ2v) is 13.6. The Hall–Kier alpha value is -7.43. The van der Waals surface area contributed by atoms with Crippen LogP contribution in [0.15, 0.2) is 206 Å². The number of para-hydroxylation sites is 2. The van der Waals surface area contributed by atoms with Crippen LogP contribution in [-0.2, 0) is 0 Å². The summed E-state index contributed by atoms with van der Waals surface area (Å²) in [6.07, 6.45) is 0. The molecule has 0 aliphatic heterocycles. The Labute approximate surface area is 319 Å². The summed E-state index contributed by atoms with van der Waals surface area (Å²) in [6.45, 7) is 0. The zero-order valence-corrected chi connectivity index (χ0v) is 29.9. The molecule has 0 fully saturated rings. The van der Waals surface area contributed by atoms with Crippen LogP contribution in [0.3, 0.4) is 0 Å². The predicted octanol–water partition coefficient (Wildman–Crippen LogP) is 13.0. The molecule has 8 aromatic carbocycles. The summed E-state index contributed by atoms with van der Waals surface area (Å²) in [5.41, 5.74) is 13.1. The van der Waals surface area contributed by atoms with Crippen LogP contribution in [0.5, 0.6) is 0 Å². The second-order valence-electron chi connectivity index (χ2n) is 13.6. The smallest absolute Gasteiger partial charge is 0.166 e. The van der Waals surface area contributed by atoms with E-state index in [9.17, 15) is 0 Å². The highest BCUT2D eigenvalue weighted by Gasteiger charge is 2.22. The molecule has 0 radical (unpaired) electrons. The number of hydrogen-bond acceptors (Lipinski definition) is 3. The van der Waals surface area contributed by atoms with Gasteiger partial charge in [-0.2, -0.15) is 0 Å². The van der Waals surface area contributed by atoms with E-state index in [1.54, 1.807) is 0 Å². The topological polar surface area (TPSA) is 43.6 Å². The molecule has 4 heteroatoms. The van der Waals surface area contributed by atoms with Crippen molar-refractivity contribution in [2.45, 2.75) is 0 Å². The van der Waals surface area contributed by atoms with Crippen LogP contribution in [0.1, 0.15) is 0 Å². The minimum atomic E-state index is 0.616. The van der Waals surface area contributed by atoms with Gasteiger partial charge in [0.25, 0.3) is 0 Å². The number of nitrogens with zero attached hydrogens (tertiary/aromatic N) is 4. The summed E-state index contributed by atoms with van der Waals surface area (Å²) in [5.74, 6) is 1.88. The average molecular weight is 703 g/mol. The Balaban J connectivity index is 1.23. The molecule has 0 bridgehead atoms. The van der Waals surface area contributed by atoms with Crippen molar-refractivity contribution >= 4 is 21.8 Å². The monoisotopic (exact) mass is 702 g/mol. The minimum absolute atomic E-state index is 0.616. The average Bonchev–Trinajstić information content (AvgIpc) is 3.61. The molecular weight excluding hydrogens is 669 g/mol. The molecule has 0 N–H and O–H groups in total. The van der Waals surface area contributed by atoms with Gasteiger partial charge in [-0.15, -0.1) is 0 Å². The molecule has 0 saturated carbocycles. The molecule has 10 aromatic rings. The number of hydrogen-bond donors (Lipinski definition) is 0. The van der Waals surface area contributed by atoms with Crippen molar-refractivity contribution in [1.29, 1.82) is 0 Å². The van der Waals surface area contributed by atoms with Gasteiger partial charge in [0.05, 0.1) is 16.7 Å². The van der Waals surface area contributed by atoms with Crippen molar-refractivity contribution in [2.24, 2.45) is 0 Å². The van der Waals surface area contributed by atoms with Crippen LogP contribution in [0.25, 0.3) is 95.0 Å². The van der Waals surface area contributed by atoms with Gasteiger partial charge < -0.3 is 4.57 Å². The van der Waals surface area contributed by atoms with Gasteiger partial charge in [0.2, 0.25) is 0 Å². The van der Waals surface area contributed by atoms with Crippen molar-refractivity contribution in [3.05, 3.63) is 206 Å². The largest absolute Gasteiger partial charge is 0.308 e. The van der Waals surface area contributed by atoms with Crippen LogP contribution in [0.2, 0.25) is 0 Å². The summed E-state index contributed by atoms with van der Waals surface area (Å²) in [4.78, 5) is 15.3. The molecule has 4 nitrogen and oxygen atoms in total. The third-order valence-corrected chi connectivity index (χ3v) is 10.3. The van der Waals surface area contributed by atoms with Gasteiger partial charge in [0, 0.05) is 27.5 Å². The van der Waals surface area contributed by atoms with Gasteiger partial charge in [-0.25, -0.2) is 15.0 Å². The molecule has 0 spiro atoms. The van der Waals surface area contributed by atoms with Gasteiger partial charge in [-0.05, 0) is 63.7 Å². The first kappa shape index (κ1) is 32.2. The molecule has 55 heavy (non-hydrogen) atoms. The Kier molecular flexibility index (Phi) is 8.12. The first-order valence-corrected chi connectivity index (χ1v) is 18.5. The standard InChI is InChI=1S/C51H34N4/c1-5-17-35(18-6-1)36-29-31-37(32-30-36)41-33-44(38-19-7-2-8-20-38)48-42-25-13-15-27-45(42)55(47(48)34-41)46-28-16-14-26-43(46)51-53-49(39-21-9-3-10-22-39)52-50(54-51)40-23-11-4-12-24-40/h1-34H. The van der Waals surface area contributed by atoms with Crippen molar-refractivity contribution in [3.8, 4) is 73.2 Å². The molecule has 0 amide bonds. The normalized spacial score (nSPS) is 11.3. The van der Waals surface area contributed by atoms with E-state index in [-0.39, 0.29) is 0 Å². The highest BCUT2D eigenvalue weighted by atomic mass is 15.1. The first-order valence-electron chi connectivity index (χ1n) is 18.5. The lowest BCUT2D eigenvalue weighted by atomic mass is 9.93. The van der Waals surface area contributed by atoms with Crippen LogP contribution >= 0.6 is 0 Å². The zero-order valence-electron chi connectivity index (χ0n) is 29.9. The van der Waals surface area contributed by atoms with Crippen molar-refractivity contribution in [1.82, 2.24) is 19.5 Å². The van der Waals surface area contributed by atoms with Crippen molar-refractivity contribution in [2.75, 3.05) is 0 Å². The molecule has 258 valence electrons. The van der Waals surface area contributed by atoms with E-state index in [4.69, 9.17) is 15.0 Å². The van der Waals surface area contributed by atoms with E-state index in [1.807, 2.05) is 60.7 Å². The Morgan fingerprint density at radius 2 is 0.745 bits per heavy atom. The lowest BCUT2D eigenvalue weighted by Crippen LogP contribution is -2.03. The van der Waals surface area contributed by atoms with E-state index in [2.05, 4.69) is 150 Å². The van der Waals surface area contributed by atoms with Crippen LogP contribution in [0.4, 0.5) is 0 Å². The number of fused-ring (bicyclic) bond motifs is 3. The fraction of sp³-hybridized carbons (Fsp3) is 0. The predicted molar refractivity (Wildman–Crippen MR) is 227 cm³/mol. The molecule has 10 rings (SSSR count).